The maximum atomic E-state index is 11.7. The van der Waals surface area contributed by atoms with Gasteiger partial charge in [0.2, 0.25) is 5.91 Å². The normalized spacial score (nSPS) is 22.8. The fourth-order valence-corrected chi connectivity index (χ4v) is 1.91. The molecule has 1 heterocycles. The molecular weight excluding hydrogens is 218 g/mol. The first-order chi connectivity index (χ1) is 8.15. The van der Waals surface area contributed by atoms with Gasteiger partial charge in [-0.3, -0.25) is 4.79 Å². The molecule has 17 heavy (non-hydrogen) atoms. The van der Waals surface area contributed by atoms with Gasteiger partial charge >= 0.3 is 5.97 Å². The van der Waals surface area contributed by atoms with E-state index < -0.39 is 6.04 Å². The number of carbonyl (C=O) groups excluding carboxylic acids is 2. The largest absolute Gasteiger partial charge is 0.464 e. The monoisotopic (exact) mass is 239 g/mol. The Labute approximate surface area is 102 Å². The number of nitrogens with one attached hydrogen (secondary N) is 1. The summed E-state index contributed by atoms with van der Waals surface area (Å²) >= 11 is 0. The number of esters is 1. The third-order valence-electron chi connectivity index (χ3n) is 2.92. The van der Waals surface area contributed by atoms with Crippen LogP contribution < -0.4 is 5.32 Å². The highest BCUT2D eigenvalue weighted by Crippen LogP contribution is 2.14. The summed E-state index contributed by atoms with van der Waals surface area (Å²) in [5, 5.41) is 2.71. The van der Waals surface area contributed by atoms with E-state index in [1.54, 1.807) is 6.92 Å². The Hall–Kier alpha value is -1.32. The van der Waals surface area contributed by atoms with Crippen LogP contribution in [0.4, 0.5) is 0 Å². The molecule has 1 aliphatic rings. The van der Waals surface area contributed by atoms with Crippen LogP contribution in [0, 0.1) is 0 Å². The number of hydrogen-bond acceptors (Lipinski definition) is 3. The lowest BCUT2D eigenvalue weighted by atomic mass is 10.0. The molecule has 0 saturated carbocycles. The highest BCUT2D eigenvalue weighted by atomic mass is 16.5. The van der Waals surface area contributed by atoms with E-state index in [2.05, 4.69) is 11.9 Å². The lowest BCUT2D eigenvalue weighted by Crippen LogP contribution is -2.42. The van der Waals surface area contributed by atoms with Crippen molar-refractivity contribution in [2.24, 2.45) is 0 Å². The van der Waals surface area contributed by atoms with Crippen molar-refractivity contribution in [2.45, 2.75) is 51.5 Å². The number of carbonyl (C=O) groups is 2. The Kier molecular flexibility index (Phi) is 5.73. The summed E-state index contributed by atoms with van der Waals surface area (Å²) in [4.78, 5) is 23.4. The van der Waals surface area contributed by atoms with Gasteiger partial charge in [0.05, 0.1) is 6.61 Å². The molecule has 1 aliphatic heterocycles. The average molecular weight is 239 g/mol. The Morgan fingerprint density at radius 1 is 1.41 bits per heavy atom. The molecule has 1 rings (SSSR count). The van der Waals surface area contributed by atoms with Crippen LogP contribution in [0.1, 0.15) is 45.4 Å². The van der Waals surface area contributed by atoms with Gasteiger partial charge in [0.1, 0.15) is 6.04 Å². The predicted molar refractivity (Wildman–Crippen MR) is 65.4 cm³/mol. The maximum Gasteiger partial charge on any atom is 0.328 e. The van der Waals surface area contributed by atoms with Gasteiger partial charge in [-0.1, -0.05) is 25.8 Å². The number of ether oxygens (including phenoxy) is 1. The highest BCUT2D eigenvalue weighted by Gasteiger charge is 2.23. The summed E-state index contributed by atoms with van der Waals surface area (Å²) in [5.74, 6) is -0.556. The van der Waals surface area contributed by atoms with Crippen LogP contribution in [0.3, 0.4) is 0 Å². The zero-order valence-electron chi connectivity index (χ0n) is 10.5. The van der Waals surface area contributed by atoms with E-state index in [-0.39, 0.29) is 11.9 Å². The quantitative estimate of drug-likeness (QED) is 0.592. The van der Waals surface area contributed by atoms with Crippen molar-refractivity contribution < 1.29 is 14.3 Å². The minimum Gasteiger partial charge on any atom is -0.464 e. The Balaban J connectivity index is 2.62. The average Bonchev–Trinajstić information content (AvgIpc) is 2.31. The Morgan fingerprint density at radius 3 is 2.82 bits per heavy atom. The van der Waals surface area contributed by atoms with Gasteiger partial charge in [-0.05, 0) is 26.2 Å². The van der Waals surface area contributed by atoms with Gasteiger partial charge in [0, 0.05) is 5.57 Å². The molecule has 0 aromatic rings. The van der Waals surface area contributed by atoms with E-state index in [4.69, 9.17) is 4.74 Å². The van der Waals surface area contributed by atoms with Crippen molar-refractivity contribution in [3.05, 3.63) is 12.2 Å². The third kappa shape index (κ3) is 4.59. The molecule has 0 radical (unpaired) electrons. The van der Waals surface area contributed by atoms with E-state index >= 15 is 0 Å². The van der Waals surface area contributed by atoms with Gasteiger partial charge in [-0.2, -0.15) is 0 Å². The molecule has 1 N–H and O–H groups in total. The van der Waals surface area contributed by atoms with Gasteiger partial charge in [0.15, 0.2) is 0 Å². The molecule has 1 atom stereocenters. The van der Waals surface area contributed by atoms with E-state index in [9.17, 15) is 9.59 Å². The van der Waals surface area contributed by atoms with Crippen molar-refractivity contribution in [1.82, 2.24) is 5.32 Å². The van der Waals surface area contributed by atoms with Crippen LogP contribution in [-0.2, 0) is 14.3 Å². The van der Waals surface area contributed by atoms with E-state index in [1.165, 1.54) is 0 Å². The summed E-state index contributed by atoms with van der Waals surface area (Å²) in [6.45, 7) is 5.85. The van der Waals surface area contributed by atoms with Crippen LogP contribution in [0.25, 0.3) is 0 Å². The van der Waals surface area contributed by atoms with Gasteiger partial charge in [-0.15, -0.1) is 0 Å². The lowest BCUT2D eigenvalue weighted by Gasteiger charge is -2.19. The molecule has 4 nitrogen and oxygen atoms in total. The summed E-state index contributed by atoms with van der Waals surface area (Å²) in [7, 11) is 0. The van der Waals surface area contributed by atoms with Crippen molar-refractivity contribution in [3.8, 4) is 0 Å². The van der Waals surface area contributed by atoms with Crippen LogP contribution in [-0.4, -0.2) is 24.5 Å². The highest BCUT2D eigenvalue weighted by molar-refractivity contribution is 5.95. The molecule has 0 bridgehead atoms. The molecule has 1 amide bonds. The van der Waals surface area contributed by atoms with Gasteiger partial charge in [0.25, 0.3) is 0 Å². The topological polar surface area (TPSA) is 55.4 Å². The van der Waals surface area contributed by atoms with Crippen LogP contribution in [0.15, 0.2) is 12.2 Å². The molecule has 0 spiro atoms. The second-order valence-corrected chi connectivity index (χ2v) is 4.33. The molecule has 0 unspecified atom stereocenters. The fraction of sp³-hybridized carbons (Fsp3) is 0.692. The summed E-state index contributed by atoms with van der Waals surface area (Å²) in [6, 6.07) is -0.516. The second-order valence-electron chi connectivity index (χ2n) is 4.33. The molecule has 0 aromatic carbocycles. The van der Waals surface area contributed by atoms with Crippen LogP contribution >= 0.6 is 0 Å². The molecule has 0 aliphatic carbocycles. The zero-order valence-corrected chi connectivity index (χ0v) is 10.5. The lowest BCUT2D eigenvalue weighted by molar-refractivity contribution is -0.147. The third-order valence-corrected chi connectivity index (χ3v) is 2.92. The molecule has 1 saturated heterocycles. The minimum atomic E-state index is -0.516. The number of rotatable bonds is 2. The molecule has 1 fully saturated rings. The van der Waals surface area contributed by atoms with Crippen molar-refractivity contribution in [3.63, 3.8) is 0 Å². The van der Waals surface area contributed by atoms with Crippen molar-refractivity contribution >= 4 is 11.9 Å². The summed E-state index contributed by atoms with van der Waals surface area (Å²) in [5.41, 5.74) is 0.557. The minimum absolute atomic E-state index is 0.218. The maximum absolute atomic E-state index is 11.7. The van der Waals surface area contributed by atoms with E-state index in [0.29, 0.717) is 25.0 Å². The molecule has 0 aromatic heterocycles. The fourth-order valence-electron chi connectivity index (χ4n) is 1.91. The SMILES string of the molecule is C=C1CCCCCC[C@@H](C(=O)OCC)NC1=O. The first-order valence-electron chi connectivity index (χ1n) is 6.30. The molecule has 4 heteroatoms. The second kappa shape index (κ2) is 7.09. The van der Waals surface area contributed by atoms with Gasteiger partial charge in [-0.25, -0.2) is 4.79 Å². The van der Waals surface area contributed by atoms with Crippen LogP contribution in [0.5, 0.6) is 0 Å². The number of amides is 1. The summed E-state index contributed by atoms with van der Waals surface area (Å²) in [6.07, 6.45) is 5.46. The number of hydrogen-bond donors (Lipinski definition) is 1. The first kappa shape index (κ1) is 13.7. The smallest absolute Gasteiger partial charge is 0.328 e. The van der Waals surface area contributed by atoms with Crippen molar-refractivity contribution in [2.75, 3.05) is 6.61 Å². The van der Waals surface area contributed by atoms with E-state index in [1.807, 2.05) is 0 Å². The van der Waals surface area contributed by atoms with Crippen molar-refractivity contribution in [1.29, 1.82) is 0 Å². The van der Waals surface area contributed by atoms with E-state index in [0.717, 1.165) is 25.7 Å². The standard InChI is InChI=1S/C13H21NO3/c1-3-17-13(16)11-9-7-5-4-6-8-10(2)12(15)14-11/h11H,2-9H2,1H3,(H,14,15)/t11-/m0/s1. The van der Waals surface area contributed by atoms with Gasteiger partial charge < -0.3 is 10.1 Å². The molecule has 96 valence electrons. The Morgan fingerprint density at radius 2 is 2.12 bits per heavy atom. The zero-order chi connectivity index (χ0) is 12.7. The summed E-state index contributed by atoms with van der Waals surface area (Å²) < 4.78 is 4.95. The predicted octanol–water partition coefficient (Wildman–Crippen LogP) is 1.94. The Bertz CT molecular complexity index is 299. The molecular formula is C13H21NO3. The van der Waals surface area contributed by atoms with Crippen LogP contribution in [0.2, 0.25) is 0 Å². The first-order valence-corrected chi connectivity index (χ1v) is 6.30.